The van der Waals surface area contributed by atoms with Gasteiger partial charge in [0.25, 0.3) is 16.9 Å². The topological polar surface area (TPSA) is 207 Å². The average Bonchev–Trinajstić information content (AvgIpc) is 2.98. The minimum atomic E-state index is -1.54. The summed E-state index contributed by atoms with van der Waals surface area (Å²) in [5, 5.41) is 24.1. The van der Waals surface area contributed by atoms with Crippen molar-refractivity contribution in [2.24, 2.45) is 27.6 Å². The van der Waals surface area contributed by atoms with Crippen LogP contribution in [-0.4, -0.2) is 39.7 Å². The van der Waals surface area contributed by atoms with Crippen LogP contribution in [0.25, 0.3) is 0 Å². The summed E-state index contributed by atoms with van der Waals surface area (Å²) < 4.78 is 0. The van der Waals surface area contributed by atoms with E-state index in [1.54, 1.807) is 24.3 Å². The molecule has 0 radical (unpaired) electrons. The van der Waals surface area contributed by atoms with Gasteiger partial charge in [-0.3, -0.25) is 14.4 Å². The van der Waals surface area contributed by atoms with Crippen LogP contribution in [0.3, 0.4) is 0 Å². The summed E-state index contributed by atoms with van der Waals surface area (Å²) in [6.45, 7) is 0. The van der Waals surface area contributed by atoms with Crippen molar-refractivity contribution in [2.75, 3.05) is 10.2 Å². The molecule has 3 rings (SSSR count). The molecule has 13 nitrogen and oxygen atoms in total. The molecule has 1 fully saturated rings. The Bertz CT molecular complexity index is 1130. The second-order valence-corrected chi connectivity index (χ2v) is 7.01. The van der Waals surface area contributed by atoms with Crippen molar-refractivity contribution in [2.45, 2.75) is 0 Å². The predicted octanol–water partition coefficient (Wildman–Crippen LogP) is 1.40. The van der Waals surface area contributed by atoms with E-state index in [2.05, 4.69) is 15.5 Å². The maximum Gasteiger partial charge on any atom is 0.291 e. The summed E-state index contributed by atoms with van der Waals surface area (Å²) in [6, 6.07) is 12.2. The first kappa shape index (κ1) is 25.0. The number of hydrogen-bond acceptors (Lipinski definition) is 7. The Balaban J connectivity index is 0.000000890. The van der Waals surface area contributed by atoms with E-state index in [0.29, 0.717) is 15.7 Å². The largest absolute Gasteiger partial charge is 0.369 e. The van der Waals surface area contributed by atoms with Crippen LogP contribution in [0, 0.1) is 16.0 Å². The number of imide groups is 1. The highest BCUT2D eigenvalue weighted by Gasteiger charge is 2.50. The summed E-state index contributed by atoms with van der Waals surface area (Å²) in [6.07, 6.45) is 0. The molecule has 172 valence electrons. The Labute approximate surface area is 195 Å². The van der Waals surface area contributed by atoms with E-state index in [-0.39, 0.29) is 5.69 Å². The van der Waals surface area contributed by atoms with Crippen LogP contribution in [0.15, 0.2) is 58.7 Å². The molecule has 0 bridgehead atoms. The molecule has 0 saturated carbocycles. The monoisotopic (exact) mass is 495 g/mol. The van der Waals surface area contributed by atoms with Crippen LogP contribution in [0.2, 0.25) is 10.0 Å². The number of guanidine groups is 1. The lowest BCUT2D eigenvalue weighted by Gasteiger charge is -2.14. The van der Waals surface area contributed by atoms with E-state index in [4.69, 9.17) is 50.0 Å². The van der Waals surface area contributed by atoms with Crippen molar-refractivity contribution in [3.63, 3.8) is 0 Å². The normalized spacial score (nSPS) is 16.1. The molecule has 2 aromatic rings. The van der Waals surface area contributed by atoms with E-state index in [1.807, 2.05) is 0 Å². The number of amides is 3. The van der Waals surface area contributed by atoms with E-state index < -0.39 is 40.4 Å². The molecule has 1 unspecified atom stereocenters. The molecule has 1 aliphatic heterocycles. The Kier molecular flexibility index (Phi) is 8.25. The minimum Gasteiger partial charge on any atom is -0.369 e. The first-order valence-electron chi connectivity index (χ1n) is 8.71. The molecule has 0 aromatic heterocycles. The number of hydrogen-bond donors (Lipinski definition) is 4. The van der Waals surface area contributed by atoms with Gasteiger partial charge in [-0.25, -0.2) is 4.90 Å². The van der Waals surface area contributed by atoms with Gasteiger partial charge in [-0.15, -0.1) is 20.3 Å². The smallest absolute Gasteiger partial charge is 0.291 e. The Morgan fingerprint density at radius 3 is 2.03 bits per heavy atom. The van der Waals surface area contributed by atoms with Crippen molar-refractivity contribution in [3.8, 4) is 0 Å². The number of nitrogens with two attached hydrogens (primary N) is 2. The highest BCUT2D eigenvalue weighted by molar-refractivity contribution is 6.61. The van der Waals surface area contributed by atoms with Crippen LogP contribution < -0.4 is 21.7 Å². The van der Waals surface area contributed by atoms with Crippen molar-refractivity contribution in [1.29, 1.82) is 0 Å². The fraction of sp³-hybridized carbons (Fsp3) is 0.0556. The lowest BCUT2D eigenvalue weighted by Crippen LogP contribution is -2.34. The Hall–Kier alpha value is -4.23. The number of carbonyl (C=O) groups excluding carboxylic acids is 3. The molecule has 2 aromatic carbocycles. The van der Waals surface area contributed by atoms with Gasteiger partial charge in [0, 0.05) is 15.7 Å². The fourth-order valence-electron chi connectivity index (χ4n) is 2.61. The van der Waals surface area contributed by atoms with Gasteiger partial charge in [0.15, 0.2) is 11.6 Å². The molecule has 0 aliphatic carbocycles. The number of nitrogens with one attached hydrogen (secondary N) is 1. The quantitative estimate of drug-likeness (QED) is 0.121. The third-order valence-electron chi connectivity index (χ3n) is 3.89. The predicted molar refractivity (Wildman–Crippen MR) is 120 cm³/mol. The first-order valence-corrected chi connectivity index (χ1v) is 9.47. The van der Waals surface area contributed by atoms with Gasteiger partial charge >= 0.3 is 0 Å². The molecule has 6 N–H and O–H groups in total. The Morgan fingerprint density at radius 1 is 1.06 bits per heavy atom. The standard InChI is InChI=1S/C18H14Cl2N6O3.HNO3/c19-9-1-5-11(6-2-9)23-15(27)13-14(24-25-18(21)22)17(29)26(16(13)28)12-7-3-10(20)4-8-12;2-1(3)4/h1-8,13H,(H,23,27)(H4,21,22,25);(H,2,3,4)/b24-14-;. The molecule has 1 aliphatic rings. The van der Waals surface area contributed by atoms with Crippen LogP contribution in [-0.2, 0) is 14.4 Å². The molecule has 1 saturated heterocycles. The molecule has 1 atom stereocenters. The number of anilines is 2. The van der Waals surface area contributed by atoms with E-state index in [9.17, 15) is 14.4 Å². The summed E-state index contributed by atoms with van der Waals surface area (Å²) in [5.41, 5.74) is 10.7. The van der Waals surface area contributed by atoms with Gasteiger partial charge in [-0.2, -0.15) is 0 Å². The van der Waals surface area contributed by atoms with E-state index in [1.165, 1.54) is 24.3 Å². The van der Waals surface area contributed by atoms with Gasteiger partial charge < -0.3 is 22.0 Å². The van der Waals surface area contributed by atoms with Crippen LogP contribution in [0.1, 0.15) is 0 Å². The SMILES string of the molecule is NC(N)=N/N=C1\C(=O)N(c2ccc(Cl)cc2)C(=O)C1C(=O)Nc1ccc(Cl)cc1.O=[N+]([O-])O. The van der Waals surface area contributed by atoms with Crippen molar-refractivity contribution >= 4 is 64.0 Å². The molecular formula is C18H15Cl2N7O6. The molecule has 0 spiro atoms. The van der Waals surface area contributed by atoms with Crippen molar-refractivity contribution in [1.82, 2.24) is 0 Å². The number of carbonyl (C=O) groups is 3. The maximum absolute atomic E-state index is 12.9. The maximum atomic E-state index is 12.9. The van der Waals surface area contributed by atoms with Gasteiger partial charge in [-0.1, -0.05) is 23.2 Å². The number of halogens is 2. The van der Waals surface area contributed by atoms with Gasteiger partial charge in [0.2, 0.25) is 11.9 Å². The number of nitrogens with zero attached hydrogens (tertiary/aromatic N) is 4. The molecular weight excluding hydrogens is 481 g/mol. The van der Waals surface area contributed by atoms with E-state index in [0.717, 1.165) is 4.90 Å². The van der Waals surface area contributed by atoms with Gasteiger partial charge in [-0.05, 0) is 48.5 Å². The summed E-state index contributed by atoms with van der Waals surface area (Å²) in [5.74, 6) is -4.37. The van der Waals surface area contributed by atoms with E-state index >= 15 is 0 Å². The second kappa shape index (κ2) is 10.9. The average molecular weight is 496 g/mol. The highest BCUT2D eigenvalue weighted by Crippen LogP contribution is 2.27. The third kappa shape index (κ3) is 6.62. The third-order valence-corrected chi connectivity index (χ3v) is 4.40. The molecule has 33 heavy (non-hydrogen) atoms. The zero-order valence-corrected chi connectivity index (χ0v) is 17.9. The highest BCUT2D eigenvalue weighted by atomic mass is 35.5. The van der Waals surface area contributed by atoms with Gasteiger partial charge in [0.1, 0.15) is 0 Å². The Morgan fingerprint density at radius 2 is 1.55 bits per heavy atom. The lowest BCUT2D eigenvalue weighted by molar-refractivity contribution is -0.742. The zero-order chi connectivity index (χ0) is 24.7. The molecule has 15 heteroatoms. The lowest BCUT2D eigenvalue weighted by atomic mass is 10.1. The molecule has 3 amide bonds. The second-order valence-electron chi connectivity index (χ2n) is 6.13. The summed E-state index contributed by atoms with van der Waals surface area (Å²) >= 11 is 11.7. The van der Waals surface area contributed by atoms with Gasteiger partial charge in [0.05, 0.1) is 5.69 Å². The van der Waals surface area contributed by atoms with Crippen LogP contribution >= 0.6 is 23.2 Å². The van der Waals surface area contributed by atoms with Crippen LogP contribution in [0.5, 0.6) is 0 Å². The first-order chi connectivity index (χ1) is 15.5. The number of rotatable bonds is 4. The fourth-order valence-corrected chi connectivity index (χ4v) is 2.87. The van der Waals surface area contributed by atoms with Crippen LogP contribution in [0.4, 0.5) is 11.4 Å². The summed E-state index contributed by atoms with van der Waals surface area (Å²) in [7, 11) is 0. The number of benzene rings is 2. The zero-order valence-electron chi connectivity index (χ0n) is 16.4. The minimum absolute atomic E-state index is 0.226. The molecule has 1 heterocycles. The van der Waals surface area contributed by atoms with Crippen molar-refractivity contribution < 1.29 is 24.7 Å². The summed E-state index contributed by atoms with van der Waals surface area (Å²) in [4.78, 5) is 47.7. The van der Waals surface area contributed by atoms with Crippen molar-refractivity contribution in [3.05, 3.63) is 68.7 Å².